The van der Waals surface area contributed by atoms with Gasteiger partial charge >= 0.3 is 0 Å². The van der Waals surface area contributed by atoms with Crippen LogP contribution in [-0.2, 0) is 5.41 Å². The van der Waals surface area contributed by atoms with Crippen molar-refractivity contribution < 1.29 is 0 Å². The van der Waals surface area contributed by atoms with Crippen LogP contribution in [0.2, 0.25) is 0 Å². The molecule has 0 amide bonds. The van der Waals surface area contributed by atoms with Gasteiger partial charge in [0.15, 0.2) is 0 Å². The third kappa shape index (κ3) is 5.56. The van der Waals surface area contributed by atoms with Gasteiger partial charge in [-0.15, -0.1) is 0 Å². The third-order valence-electron chi connectivity index (χ3n) is 17.8. The number of rotatable bonds is 7. The number of para-hydroxylation sites is 2. The standard InChI is InChI=1S/C68H54N2/c1-42-15-6-12-24-59(42)69(61-36-33-51(46-17-4-3-5-18-46)52-19-8-9-20-53(52)61)62-34-29-47-28-32-56-63(35-30-48-27-31-55(62)65(47)66(48)56)70(60-25-13-7-16-43(60)2)64-26-14-23-58-67(64)54-21-10-11-22-57(54)68(58)49-38-44-37-45(40-49)41-50(68)39-44/h3-36,44-45,49-50H,37-41H2,1-2H3. The smallest absolute Gasteiger partial charge is 0.0543 e. The predicted molar refractivity (Wildman–Crippen MR) is 295 cm³/mol. The van der Waals surface area contributed by atoms with Crippen molar-refractivity contribution in [1.82, 2.24) is 0 Å². The Hall–Kier alpha value is -7.68. The van der Waals surface area contributed by atoms with Crippen molar-refractivity contribution in [3.05, 3.63) is 229 Å². The molecule has 11 aromatic rings. The van der Waals surface area contributed by atoms with E-state index in [2.05, 4.69) is 230 Å². The number of hydrogen-bond donors (Lipinski definition) is 0. The lowest BCUT2D eigenvalue weighted by Crippen LogP contribution is -2.55. The van der Waals surface area contributed by atoms with Gasteiger partial charge in [0.1, 0.15) is 0 Å². The molecule has 0 heterocycles. The molecule has 5 aliphatic carbocycles. The number of aryl methyl sites for hydroxylation is 2. The van der Waals surface area contributed by atoms with Crippen LogP contribution in [0.15, 0.2) is 206 Å². The van der Waals surface area contributed by atoms with Crippen molar-refractivity contribution in [1.29, 1.82) is 0 Å². The molecule has 0 atom stereocenters. The van der Waals surface area contributed by atoms with E-state index in [4.69, 9.17) is 0 Å². The molecule has 4 saturated carbocycles. The molecule has 4 bridgehead atoms. The van der Waals surface area contributed by atoms with E-state index in [-0.39, 0.29) is 5.41 Å². The zero-order chi connectivity index (χ0) is 46.2. The summed E-state index contributed by atoms with van der Waals surface area (Å²) >= 11 is 0. The van der Waals surface area contributed by atoms with E-state index in [1.807, 2.05) is 0 Å². The highest BCUT2D eigenvalue weighted by atomic mass is 15.2. The summed E-state index contributed by atoms with van der Waals surface area (Å²) in [5.41, 5.74) is 18.4. The lowest BCUT2D eigenvalue weighted by Gasteiger charge is -2.61. The minimum absolute atomic E-state index is 0.0853. The first-order valence-electron chi connectivity index (χ1n) is 25.8. The Morgan fingerprint density at radius 2 is 0.829 bits per heavy atom. The molecular weight excluding hydrogens is 845 g/mol. The normalized spacial score (nSPS) is 20.8. The van der Waals surface area contributed by atoms with Crippen molar-refractivity contribution in [2.45, 2.75) is 51.4 Å². The molecule has 5 aliphatic rings. The van der Waals surface area contributed by atoms with E-state index in [0.29, 0.717) is 11.8 Å². The topological polar surface area (TPSA) is 6.48 Å². The number of benzene rings is 11. The molecule has 16 rings (SSSR count). The van der Waals surface area contributed by atoms with Gasteiger partial charge in [0.05, 0.1) is 22.7 Å². The molecule has 0 aromatic heterocycles. The van der Waals surface area contributed by atoms with Gasteiger partial charge in [0.25, 0.3) is 0 Å². The quantitative estimate of drug-likeness (QED) is 0.147. The SMILES string of the molecule is Cc1ccccc1N(c1cccc2c1-c1ccccc1C21C2CC3CC(C2)CC1C3)c1ccc2ccc3c(N(c4ccccc4C)c4ccc(-c5ccccc5)c5ccccc45)ccc4ccc1c2c43. The summed E-state index contributed by atoms with van der Waals surface area (Å²) in [6.45, 7) is 4.53. The predicted octanol–water partition coefficient (Wildman–Crippen LogP) is 18.7. The average Bonchev–Trinajstić information content (AvgIpc) is 3.70. The van der Waals surface area contributed by atoms with Gasteiger partial charge in [-0.3, -0.25) is 0 Å². The second-order valence-electron chi connectivity index (χ2n) is 21.3. The summed E-state index contributed by atoms with van der Waals surface area (Å²) < 4.78 is 0. The second-order valence-corrected chi connectivity index (χ2v) is 21.3. The monoisotopic (exact) mass is 898 g/mol. The van der Waals surface area contributed by atoms with E-state index in [1.54, 1.807) is 11.1 Å². The van der Waals surface area contributed by atoms with Gasteiger partial charge < -0.3 is 9.80 Å². The van der Waals surface area contributed by atoms with Crippen LogP contribution in [0.4, 0.5) is 34.1 Å². The van der Waals surface area contributed by atoms with Crippen molar-refractivity contribution in [3.63, 3.8) is 0 Å². The first-order valence-corrected chi connectivity index (χ1v) is 25.8. The molecule has 1 spiro atoms. The maximum atomic E-state index is 2.65. The minimum atomic E-state index is 0.0853. The molecule has 0 N–H and O–H groups in total. The summed E-state index contributed by atoms with van der Waals surface area (Å²) in [7, 11) is 0. The summed E-state index contributed by atoms with van der Waals surface area (Å²) in [6.07, 6.45) is 6.96. The molecule has 0 radical (unpaired) electrons. The summed E-state index contributed by atoms with van der Waals surface area (Å²) in [4.78, 5) is 5.18. The van der Waals surface area contributed by atoms with E-state index in [1.165, 1.54) is 143 Å². The van der Waals surface area contributed by atoms with Crippen LogP contribution in [0.3, 0.4) is 0 Å². The zero-order valence-electron chi connectivity index (χ0n) is 39.9. The maximum absolute atomic E-state index is 2.65. The fourth-order valence-electron chi connectivity index (χ4n) is 15.3. The molecule has 70 heavy (non-hydrogen) atoms. The van der Waals surface area contributed by atoms with Crippen LogP contribution >= 0.6 is 0 Å². The van der Waals surface area contributed by atoms with Gasteiger partial charge in [-0.1, -0.05) is 170 Å². The Kier molecular flexibility index (Phi) is 8.71. The zero-order valence-corrected chi connectivity index (χ0v) is 39.9. The molecule has 2 nitrogen and oxygen atoms in total. The van der Waals surface area contributed by atoms with E-state index in [0.717, 1.165) is 11.8 Å². The van der Waals surface area contributed by atoms with Crippen LogP contribution < -0.4 is 9.80 Å². The van der Waals surface area contributed by atoms with Crippen LogP contribution in [0.5, 0.6) is 0 Å². The number of nitrogens with zero attached hydrogens (tertiary/aromatic N) is 2. The number of anilines is 6. The highest BCUT2D eigenvalue weighted by Gasteiger charge is 2.62. The van der Waals surface area contributed by atoms with Crippen molar-refractivity contribution in [2.75, 3.05) is 9.80 Å². The highest BCUT2D eigenvalue weighted by Crippen LogP contribution is 2.70. The van der Waals surface area contributed by atoms with Crippen LogP contribution in [0, 0.1) is 37.5 Å². The molecule has 0 saturated heterocycles. The number of fused-ring (bicyclic) bond motifs is 4. The molecule has 4 fully saturated rings. The van der Waals surface area contributed by atoms with Crippen LogP contribution in [0.25, 0.3) is 65.3 Å². The van der Waals surface area contributed by atoms with Gasteiger partial charge in [-0.25, -0.2) is 0 Å². The summed E-state index contributed by atoms with van der Waals surface area (Å²) in [5, 5.41) is 10.1. The molecule has 11 aromatic carbocycles. The van der Waals surface area contributed by atoms with Crippen LogP contribution in [0.1, 0.15) is 54.4 Å². The van der Waals surface area contributed by atoms with Gasteiger partial charge in [-0.2, -0.15) is 0 Å². The van der Waals surface area contributed by atoms with Crippen molar-refractivity contribution in [2.24, 2.45) is 23.7 Å². The van der Waals surface area contributed by atoms with Crippen molar-refractivity contribution in [3.8, 4) is 22.3 Å². The first-order chi connectivity index (χ1) is 34.5. The van der Waals surface area contributed by atoms with Gasteiger partial charge in [0.2, 0.25) is 0 Å². The minimum Gasteiger partial charge on any atom is -0.309 e. The summed E-state index contributed by atoms with van der Waals surface area (Å²) in [6, 6.07) is 78.4. The molecule has 0 aliphatic heterocycles. The number of hydrogen-bond acceptors (Lipinski definition) is 2. The van der Waals surface area contributed by atoms with E-state index >= 15 is 0 Å². The third-order valence-corrected chi connectivity index (χ3v) is 17.8. The van der Waals surface area contributed by atoms with Gasteiger partial charge in [-0.05, 0) is 172 Å². The Labute approximate surface area is 410 Å². The summed E-state index contributed by atoms with van der Waals surface area (Å²) in [5.74, 6) is 3.21. The highest BCUT2D eigenvalue weighted by molar-refractivity contribution is 6.28. The van der Waals surface area contributed by atoms with E-state index in [9.17, 15) is 0 Å². The lowest BCUT2D eigenvalue weighted by atomic mass is 9.43. The van der Waals surface area contributed by atoms with Crippen molar-refractivity contribution >= 4 is 77.2 Å². The Bertz CT molecular complexity index is 3870. The van der Waals surface area contributed by atoms with Crippen LogP contribution in [-0.4, -0.2) is 0 Å². The first kappa shape index (κ1) is 40.2. The largest absolute Gasteiger partial charge is 0.309 e. The molecule has 336 valence electrons. The second kappa shape index (κ2) is 15.2. The Morgan fingerprint density at radius 3 is 1.47 bits per heavy atom. The molecule has 2 heteroatoms. The molecule has 0 unspecified atom stereocenters. The fourth-order valence-corrected chi connectivity index (χ4v) is 15.3. The fraction of sp³-hybridized carbons (Fsp3) is 0.176. The molecular formula is C68H54N2. The van der Waals surface area contributed by atoms with E-state index < -0.39 is 0 Å². The maximum Gasteiger partial charge on any atom is 0.0543 e. The Balaban J connectivity index is 0.973. The Morgan fingerprint density at radius 1 is 0.343 bits per heavy atom. The average molecular weight is 899 g/mol. The van der Waals surface area contributed by atoms with Gasteiger partial charge in [0, 0.05) is 38.5 Å². The lowest BCUT2D eigenvalue weighted by molar-refractivity contribution is -0.0399.